The molecule has 0 saturated carbocycles. The summed E-state index contributed by atoms with van der Waals surface area (Å²) in [6.07, 6.45) is 4.99. The first-order valence-electron chi connectivity index (χ1n) is 5.59. The third kappa shape index (κ3) is 1.71. The van der Waals surface area contributed by atoms with E-state index in [1.54, 1.807) is 5.38 Å². The van der Waals surface area contributed by atoms with Gasteiger partial charge in [-0.15, -0.1) is 11.3 Å². The van der Waals surface area contributed by atoms with Gasteiger partial charge in [-0.1, -0.05) is 12.1 Å². The van der Waals surface area contributed by atoms with Gasteiger partial charge in [-0.05, 0) is 42.9 Å². The average Bonchev–Trinajstić information content (AvgIpc) is 2.75. The number of thiazole rings is 1. The molecule has 82 valence electrons. The van der Waals surface area contributed by atoms with Gasteiger partial charge in [-0.3, -0.25) is 0 Å². The summed E-state index contributed by atoms with van der Waals surface area (Å²) in [6.45, 7) is 0. The maximum Gasteiger partial charge on any atom is 0.222 e. The lowest BCUT2D eigenvalue weighted by Crippen LogP contribution is -2.02. The number of aryl methyl sites for hydroxylation is 2. The third-order valence-corrected chi connectivity index (χ3v) is 3.97. The van der Waals surface area contributed by atoms with Crippen LogP contribution in [0.2, 0.25) is 0 Å². The topological polar surface area (TPSA) is 33.1 Å². The molecule has 1 N–H and O–H groups in total. The van der Waals surface area contributed by atoms with E-state index in [0.717, 1.165) is 10.6 Å². The molecule has 1 aliphatic rings. The third-order valence-electron chi connectivity index (χ3n) is 3.09. The van der Waals surface area contributed by atoms with Crippen molar-refractivity contribution in [2.24, 2.45) is 0 Å². The van der Waals surface area contributed by atoms with Gasteiger partial charge in [-0.25, -0.2) is 4.98 Å². The van der Waals surface area contributed by atoms with Crippen LogP contribution in [-0.4, -0.2) is 10.1 Å². The first kappa shape index (κ1) is 9.85. The molecule has 1 aliphatic carbocycles. The van der Waals surface area contributed by atoms with Crippen molar-refractivity contribution in [3.8, 4) is 16.5 Å². The first-order chi connectivity index (χ1) is 7.83. The molecule has 2 aromatic rings. The predicted octanol–water partition coefficient (Wildman–Crippen LogP) is 3.39. The van der Waals surface area contributed by atoms with Gasteiger partial charge in [0.15, 0.2) is 0 Å². The summed E-state index contributed by atoms with van der Waals surface area (Å²) in [7, 11) is 0. The number of benzene rings is 1. The molecule has 16 heavy (non-hydrogen) atoms. The number of nitrogens with zero attached hydrogens (tertiary/aromatic N) is 1. The van der Waals surface area contributed by atoms with Gasteiger partial charge >= 0.3 is 0 Å². The maximum atomic E-state index is 9.25. The lowest BCUT2D eigenvalue weighted by atomic mass is 9.90. The molecule has 3 rings (SSSR count). The molecule has 2 nitrogen and oxygen atoms in total. The van der Waals surface area contributed by atoms with Gasteiger partial charge in [0.25, 0.3) is 0 Å². The molecule has 0 fully saturated rings. The molecule has 0 amide bonds. The van der Waals surface area contributed by atoms with Crippen LogP contribution in [0.5, 0.6) is 5.88 Å². The fraction of sp³-hybridized carbons (Fsp3) is 0.308. The van der Waals surface area contributed by atoms with Gasteiger partial charge in [0.05, 0.1) is 5.38 Å². The Balaban J connectivity index is 2.02. The molecular formula is C13H13NOS. The SMILES string of the molecule is Oc1csc(-c2ccc3c(c2)CCCC3)n1. The number of hydrogen-bond donors (Lipinski definition) is 1. The van der Waals surface area contributed by atoms with E-state index in [9.17, 15) is 5.11 Å². The minimum absolute atomic E-state index is 0.123. The minimum Gasteiger partial charge on any atom is -0.493 e. The van der Waals surface area contributed by atoms with Crippen molar-refractivity contribution in [2.75, 3.05) is 0 Å². The Kier molecular flexibility index (Phi) is 2.40. The summed E-state index contributed by atoms with van der Waals surface area (Å²) in [6, 6.07) is 6.55. The first-order valence-corrected chi connectivity index (χ1v) is 6.47. The van der Waals surface area contributed by atoms with E-state index in [1.807, 2.05) is 0 Å². The summed E-state index contributed by atoms with van der Waals surface area (Å²) in [5.41, 5.74) is 4.07. The van der Waals surface area contributed by atoms with E-state index in [4.69, 9.17) is 0 Å². The van der Waals surface area contributed by atoms with E-state index < -0.39 is 0 Å². The summed E-state index contributed by atoms with van der Waals surface area (Å²) in [5, 5.41) is 11.8. The fourth-order valence-corrected chi connectivity index (χ4v) is 2.94. The summed E-state index contributed by atoms with van der Waals surface area (Å²) in [5.74, 6) is 0.123. The quantitative estimate of drug-likeness (QED) is 0.816. The van der Waals surface area contributed by atoms with E-state index in [1.165, 1.54) is 48.1 Å². The van der Waals surface area contributed by atoms with Crippen LogP contribution in [0.1, 0.15) is 24.0 Å². The van der Waals surface area contributed by atoms with Crippen molar-refractivity contribution >= 4 is 11.3 Å². The van der Waals surface area contributed by atoms with E-state index >= 15 is 0 Å². The Morgan fingerprint density at radius 2 is 1.94 bits per heavy atom. The lowest BCUT2D eigenvalue weighted by Gasteiger charge is -2.15. The van der Waals surface area contributed by atoms with Crippen molar-refractivity contribution in [3.05, 3.63) is 34.7 Å². The Labute approximate surface area is 98.6 Å². The molecule has 0 aliphatic heterocycles. The van der Waals surface area contributed by atoms with Crippen LogP contribution in [0, 0.1) is 0 Å². The molecule has 3 heteroatoms. The number of aromatic hydroxyl groups is 1. The van der Waals surface area contributed by atoms with Crippen molar-refractivity contribution in [3.63, 3.8) is 0 Å². The van der Waals surface area contributed by atoms with Gasteiger partial charge in [0.1, 0.15) is 5.01 Å². The van der Waals surface area contributed by atoms with Gasteiger partial charge in [0, 0.05) is 5.56 Å². The zero-order valence-electron chi connectivity index (χ0n) is 8.94. The van der Waals surface area contributed by atoms with Crippen LogP contribution in [0.25, 0.3) is 10.6 Å². The molecule has 0 unspecified atom stereocenters. The van der Waals surface area contributed by atoms with Crippen LogP contribution in [0.15, 0.2) is 23.6 Å². The summed E-state index contributed by atoms with van der Waals surface area (Å²) < 4.78 is 0. The lowest BCUT2D eigenvalue weighted by molar-refractivity contribution is 0.458. The molecular weight excluding hydrogens is 218 g/mol. The number of hydrogen-bond acceptors (Lipinski definition) is 3. The second-order valence-corrected chi connectivity index (χ2v) is 5.06. The van der Waals surface area contributed by atoms with Crippen LogP contribution in [-0.2, 0) is 12.8 Å². The zero-order valence-corrected chi connectivity index (χ0v) is 9.76. The molecule has 0 spiro atoms. The maximum absolute atomic E-state index is 9.25. The average molecular weight is 231 g/mol. The Morgan fingerprint density at radius 3 is 2.69 bits per heavy atom. The van der Waals surface area contributed by atoms with Gasteiger partial charge < -0.3 is 5.11 Å². The number of rotatable bonds is 1. The minimum atomic E-state index is 0.123. The Hall–Kier alpha value is -1.35. The standard InChI is InChI=1S/C13H13NOS/c15-12-8-16-13(14-12)11-6-5-9-3-1-2-4-10(9)7-11/h5-8,15H,1-4H2. The van der Waals surface area contributed by atoms with Gasteiger partial charge in [-0.2, -0.15) is 0 Å². The highest BCUT2D eigenvalue weighted by atomic mass is 32.1. The monoisotopic (exact) mass is 231 g/mol. The van der Waals surface area contributed by atoms with Crippen molar-refractivity contribution in [1.29, 1.82) is 0 Å². The Morgan fingerprint density at radius 1 is 1.12 bits per heavy atom. The second-order valence-electron chi connectivity index (χ2n) is 4.20. The molecule has 1 aromatic carbocycles. The smallest absolute Gasteiger partial charge is 0.222 e. The highest BCUT2D eigenvalue weighted by Gasteiger charge is 2.11. The number of fused-ring (bicyclic) bond motifs is 1. The molecule has 0 atom stereocenters. The van der Waals surface area contributed by atoms with Crippen LogP contribution < -0.4 is 0 Å². The Bertz CT molecular complexity index is 518. The zero-order chi connectivity index (χ0) is 11.0. The number of aromatic nitrogens is 1. The van der Waals surface area contributed by atoms with Crippen LogP contribution >= 0.6 is 11.3 Å². The molecule has 0 saturated heterocycles. The molecule has 1 heterocycles. The normalized spacial score (nSPS) is 14.8. The highest BCUT2D eigenvalue weighted by molar-refractivity contribution is 7.13. The molecule has 1 aromatic heterocycles. The van der Waals surface area contributed by atoms with E-state index in [0.29, 0.717) is 0 Å². The predicted molar refractivity (Wildman–Crippen MR) is 65.9 cm³/mol. The van der Waals surface area contributed by atoms with Gasteiger partial charge in [0.2, 0.25) is 5.88 Å². The van der Waals surface area contributed by atoms with Crippen LogP contribution in [0.3, 0.4) is 0 Å². The fourth-order valence-electron chi connectivity index (χ4n) is 2.26. The largest absolute Gasteiger partial charge is 0.493 e. The van der Waals surface area contributed by atoms with E-state index in [2.05, 4.69) is 23.2 Å². The van der Waals surface area contributed by atoms with Crippen molar-refractivity contribution < 1.29 is 5.11 Å². The second kappa shape index (κ2) is 3.91. The van der Waals surface area contributed by atoms with Crippen LogP contribution in [0.4, 0.5) is 0 Å². The summed E-state index contributed by atoms with van der Waals surface area (Å²) in [4.78, 5) is 4.10. The summed E-state index contributed by atoms with van der Waals surface area (Å²) >= 11 is 1.49. The highest BCUT2D eigenvalue weighted by Crippen LogP contribution is 2.30. The molecule has 0 radical (unpaired) electrons. The molecule has 0 bridgehead atoms. The van der Waals surface area contributed by atoms with Crippen molar-refractivity contribution in [2.45, 2.75) is 25.7 Å². The van der Waals surface area contributed by atoms with E-state index in [-0.39, 0.29) is 5.88 Å². The van der Waals surface area contributed by atoms with Crippen molar-refractivity contribution in [1.82, 2.24) is 4.98 Å².